The lowest BCUT2D eigenvalue weighted by Crippen LogP contribution is -2.55. The van der Waals surface area contributed by atoms with Crippen molar-refractivity contribution in [2.75, 3.05) is 13.2 Å². The highest BCUT2D eigenvalue weighted by atomic mass is 16.6. The predicted molar refractivity (Wildman–Crippen MR) is 101 cm³/mol. The van der Waals surface area contributed by atoms with E-state index in [9.17, 15) is 4.79 Å². The number of ketones is 1. The molecule has 2 fully saturated rings. The maximum atomic E-state index is 11.5. The minimum atomic E-state index is -0.477. The van der Waals surface area contributed by atoms with Gasteiger partial charge in [0.05, 0.1) is 30.5 Å². The van der Waals surface area contributed by atoms with E-state index in [2.05, 4.69) is 33.2 Å². The Labute approximate surface area is 156 Å². The molecule has 6 atom stereocenters. The van der Waals surface area contributed by atoms with Gasteiger partial charge in [-0.2, -0.15) is 0 Å². The van der Waals surface area contributed by atoms with Gasteiger partial charge in [0.2, 0.25) is 0 Å². The molecule has 0 aromatic heterocycles. The monoisotopic (exact) mass is 362 g/mol. The third-order valence-corrected chi connectivity index (χ3v) is 5.07. The Morgan fingerprint density at radius 3 is 2.50 bits per heavy atom. The van der Waals surface area contributed by atoms with Crippen molar-refractivity contribution in [2.45, 2.75) is 62.3 Å². The van der Waals surface area contributed by atoms with E-state index < -0.39 is 5.60 Å². The Kier molecular flexibility index (Phi) is 7.53. The second-order valence-corrected chi connectivity index (χ2v) is 6.91. The average Bonchev–Trinajstić information content (AvgIpc) is 2.79. The molecule has 0 aliphatic carbocycles. The normalized spacial score (nSPS) is 37.0. The van der Waals surface area contributed by atoms with Crippen molar-refractivity contribution >= 4 is 5.78 Å². The summed E-state index contributed by atoms with van der Waals surface area (Å²) in [4.78, 5) is 11.5. The molecule has 0 amide bonds. The zero-order chi connectivity index (χ0) is 19.2. The number of rotatable bonds is 9. The van der Waals surface area contributed by atoms with E-state index in [4.69, 9.17) is 18.9 Å². The van der Waals surface area contributed by atoms with E-state index in [-0.39, 0.29) is 42.9 Å². The van der Waals surface area contributed by atoms with Crippen LogP contribution in [0.25, 0.3) is 0 Å². The van der Waals surface area contributed by atoms with Crippen LogP contribution >= 0.6 is 0 Å². The van der Waals surface area contributed by atoms with Gasteiger partial charge in [0.1, 0.15) is 18.8 Å². The number of ether oxygens (including phenoxy) is 4. The van der Waals surface area contributed by atoms with Crippen LogP contribution in [0.2, 0.25) is 0 Å². The minimum absolute atomic E-state index is 0.00947. The molecule has 0 unspecified atom stereocenters. The Balaban J connectivity index is 2.13. The second kappa shape index (κ2) is 9.42. The summed E-state index contributed by atoms with van der Waals surface area (Å²) < 4.78 is 24.3. The first-order valence-corrected chi connectivity index (χ1v) is 9.05. The van der Waals surface area contributed by atoms with Crippen LogP contribution in [0.5, 0.6) is 0 Å². The summed E-state index contributed by atoms with van der Waals surface area (Å²) in [7, 11) is 0. The summed E-state index contributed by atoms with van der Waals surface area (Å²) in [6.45, 7) is 17.4. The minimum Gasteiger partial charge on any atom is -0.371 e. The van der Waals surface area contributed by atoms with E-state index in [1.165, 1.54) is 6.08 Å². The summed E-state index contributed by atoms with van der Waals surface area (Å²) >= 11 is 0. The summed E-state index contributed by atoms with van der Waals surface area (Å²) in [6.07, 6.45) is 7.54. The summed E-state index contributed by atoms with van der Waals surface area (Å²) in [5.41, 5.74) is -0.477. The van der Waals surface area contributed by atoms with Crippen LogP contribution in [0.15, 0.2) is 50.6 Å². The molecule has 26 heavy (non-hydrogen) atoms. The van der Waals surface area contributed by atoms with Crippen molar-refractivity contribution in [2.24, 2.45) is 0 Å². The molecule has 0 radical (unpaired) electrons. The molecule has 0 saturated carbocycles. The van der Waals surface area contributed by atoms with E-state index in [1.54, 1.807) is 18.2 Å². The maximum Gasteiger partial charge on any atom is 0.180 e. The first-order chi connectivity index (χ1) is 12.5. The fourth-order valence-electron chi connectivity index (χ4n) is 3.53. The first kappa shape index (κ1) is 20.8. The van der Waals surface area contributed by atoms with Crippen LogP contribution in [-0.4, -0.2) is 55.1 Å². The Morgan fingerprint density at radius 1 is 1.15 bits per heavy atom. The summed E-state index contributed by atoms with van der Waals surface area (Å²) in [5, 5.41) is 0. The van der Waals surface area contributed by atoms with Crippen molar-refractivity contribution in [3.63, 3.8) is 0 Å². The van der Waals surface area contributed by atoms with Gasteiger partial charge in [0.15, 0.2) is 5.78 Å². The lowest BCUT2D eigenvalue weighted by molar-refractivity contribution is -0.230. The van der Waals surface area contributed by atoms with Crippen LogP contribution in [-0.2, 0) is 23.7 Å². The lowest BCUT2D eigenvalue weighted by atomic mass is 9.85. The fourth-order valence-corrected chi connectivity index (χ4v) is 3.53. The number of carbonyl (C=O) groups excluding carboxylic acids is 1. The average molecular weight is 362 g/mol. The fraction of sp³-hybridized carbons (Fsp3) is 0.571. The van der Waals surface area contributed by atoms with Gasteiger partial charge in [-0.15, -0.1) is 19.7 Å². The van der Waals surface area contributed by atoms with Gasteiger partial charge in [0, 0.05) is 6.42 Å². The summed E-state index contributed by atoms with van der Waals surface area (Å²) in [6, 6.07) is 0. The predicted octanol–water partition coefficient (Wildman–Crippen LogP) is 3.17. The van der Waals surface area contributed by atoms with Crippen LogP contribution in [0.3, 0.4) is 0 Å². The van der Waals surface area contributed by atoms with Crippen LogP contribution in [0, 0.1) is 0 Å². The van der Waals surface area contributed by atoms with Crippen LogP contribution in [0.4, 0.5) is 0 Å². The van der Waals surface area contributed by atoms with Crippen molar-refractivity contribution in [1.82, 2.24) is 0 Å². The largest absolute Gasteiger partial charge is 0.371 e. The SMILES string of the molecule is C=CCO[C@@H]1C[C@@H]2O[C@H](C=C)[C@@H](OCC(=O)C=C)CC[C@@]2(C)O[C@H]1C=C. The van der Waals surface area contributed by atoms with Gasteiger partial charge in [-0.1, -0.05) is 24.8 Å². The third-order valence-electron chi connectivity index (χ3n) is 5.07. The number of carbonyl (C=O) groups is 1. The molecule has 144 valence electrons. The highest BCUT2D eigenvalue weighted by Gasteiger charge is 2.49. The van der Waals surface area contributed by atoms with Crippen LogP contribution in [0.1, 0.15) is 26.2 Å². The molecule has 2 rings (SSSR count). The van der Waals surface area contributed by atoms with E-state index >= 15 is 0 Å². The highest BCUT2D eigenvalue weighted by molar-refractivity contribution is 5.90. The molecule has 0 aromatic carbocycles. The molecule has 0 bridgehead atoms. The molecule has 5 nitrogen and oxygen atoms in total. The topological polar surface area (TPSA) is 54.0 Å². The Morgan fingerprint density at radius 2 is 1.88 bits per heavy atom. The maximum absolute atomic E-state index is 11.5. The second-order valence-electron chi connectivity index (χ2n) is 6.91. The molecular formula is C21H30O5. The summed E-state index contributed by atoms with van der Waals surface area (Å²) in [5.74, 6) is -0.151. The smallest absolute Gasteiger partial charge is 0.180 e. The van der Waals surface area contributed by atoms with Crippen molar-refractivity contribution in [3.8, 4) is 0 Å². The molecule has 2 saturated heterocycles. The van der Waals surface area contributed by atoms with Gasteiger partial charge < -0.3 is 18.9 Å². The number of fused-ring (bicyclic) bond motifs is 1. The van der Waals surface area contributed by atoms with E-state index in [1.807, 2.05) is 0 Å². The van der Waals surface area contributed by atoms with E-state index in [0.29, 0.717) is 19.4 Å². The standard InChI is InChI=1S/C21H30O5/c1-6-12-23-19-13-20-21(5,26-17(19)9-4)11-10-18(16(8-3)25-20)24-14-15(22)7-2/h6-9,16-20H,1-4,10-14H2,5H3/t16-,17+,18+,19-,20+,21-/m1/s1. The van der Waals surface area contributed by atoms with Gasteiger partial charge in [-0.3, -0.25) is 4.79 Å². The third kappa shape index (κ3) is 4.80. The Bertz CT molecular complexity index is 543. The zero-order valence-corrected chi connectivity index (χ0v) is 15.6. The Hall–Kier alpha value is -1.53. The van der Waals surface area contributed by atoms with Crippen LogP contribution < -0.4 is 0 Å². The molecular weight excluding hydrogens is 332 g/mol. The quantitative estimate of drug-likeness (QED) is 0.466. The number of hydrogen-bond donors (Lipinski definition) is 0. The molecule has 0 spiro atoms. The molecule has 5 heteroatoms. The van der Waals surface area contributed by atoms with Gasteiger partial charge in [-0.05, 0) is 25.8 Å². The molecule has 2 aliphatic heterocycles. The van der Waals surface area contributed by atoms with E-state index in [0.717, 1.165) is 6.42 Å². The van der Waals surface area contributed by atoms with Crippen molar-refractivity contribution in [3.05, 3.63) is 50.6 Å². The van der Waals surface area contributed by atoms with Gasteiger partial charge in [0.25, 0.3) is 0 Å². The van der Waals surface area contributed by atoms with Gasteiger partial charge >= 0.3 is 0 Å². The van der Waals surface area contributed by atoms with Crippen molar-refractivity contribution in [1.29, 1.82) is 0 Å². The highest BCUT2D eigenvalue weighted by Crippen LogP contribution is 2.40. The first-order valence-electron chi connectivity index (χ1n) is 9.05. The molecule has 2 heterocycles. The molecule has 0 aromatic rings. The zero-order valence-electron chi connectivity index (χ0n) is 15.6. The lowest BCUT2D eigenvalue weighted by Gasteiger charge is -2.46. The number of hydrogen-bond acceptors (Lipinski definition) is 5. The molecule has 0 N–H and O–H groups in total. The van der Waals surface area contributed by atoms with Gasteiger partial charge in [-0.25, -0.2) is 0 Å². The van der Waals surface area contributed by atoms with Crippen molar-refractivity contribution < 1.29 is 23.7 Å². The molecule has 2 aliphatic rings.